The summed E-state index contributed by atoms with van der Waals surface area (Å²) in [6, 6.07) is 11.1. The molecule has 226 valence electrons. The third-order valence-electron chi connectivity index (χ3n) is 9.21. The Morgan fingerprint density at radius 1 is 0.659 bits per heavy atom. The first-order valence-electron chi connectivity index (χ1n) is 14.8. The first-order valence-corrected chi connectivity index (χ1v) is 14.8. The number of nitrogens with zero attached hydrogens (tertiary/aromatic N) is 2. The number of benzene rings is 2. The van der Waals surface area contributed by atoms with Crippen LogP contribution in [0.2, 0.25) is 0 Å². The number of fused-ring (bicyclic) bond motifs is 2. The van der Waals surface area contributed by atoms with E-state index in [0.29, 0.717) is 24.0 Å². The molecule has 0 saturated heterocycles. The Labute approximate surface area is 259 Å². The lowest BCUT2D eigenvalue weighted by Crippen LogP contribution is -2.22. The zero-order valence-corrected chi connectivity index (χ0v) is 26.3. The van der Waals surface area contributed by atoms with E-state index in [9.17, 15) is 14.4 Å². The predicted molar refractivity (Wildman–Crippen MR) is 178 cm³/mol. The molecule has 0 atom stereocenters. The van der Waals surface area contributed by atoms with Crippen LogP contribution in [-0.2, 0) is 15.6 Å². The fraction of sp³-hybridized carbons (Fsp3) is 0.270. The summed E-state index contributed by atoms with van der Waals surface area (Å²) in [5.41, 5.74) is 19.4. The number of rotatable bonds is 6. The molecule has 0 bridgehead atoms. The molecule has 44 heavy (non-hydrogen) atoms. The maximum atomic E-state index is 13.1. The lowest BCUT2D eigenvalue weighted by atomic mass is 9.83. The van der Waals surface area contributed by atoms with Crippen molar-refractivity contribution in [2.24, 2.45) is 11.5 Å². The molecule has 2 amide bonds. The van der Waals surface area contributed by atoms with Crippen molar-refractivity contribution in [3.05, 3.63) is 130 Å². The molecule has 7 nitrogen and oxygen atoms in total. The number of hydrogen-bond acceptors (Lipinski definition) is 5. The summed E-state index contributed by atoms with van der Waals surface area (Å²) in [4.78, 5) is 40.7. The van der Waals surface area contributed by atoms with E-state index in [1.807, 2.05) is 74.8 Å². The van der Waals surface area contributed by atoms with E-state index in [0.717, 1.165) is 45.0 Å². The molecule has 1 aliphatic carbocycles. The monoisotopic (exact) mass is 588 g/mol. The standard InChI is InChI=1S/C37H40N4O3/c1-36(2)27-21-25(34(38)43)17-19-29(27)40(5)31(36)13-9-7-11-23-15-16-24(33(23)42)12-8-10-14-32-37(3,4)28-22-26(35(39)44)18-20-30(28)41(32)6/h7-14,17-22H,15-16H2,1-6H3,(H2,38,43)(H2,39,44). The van der Waals surface area contributed by atoms with Crippen molar-refractivity contribution in [2.45, 2.75) is 51.4 Å². The van der Waals surface area contributed by atoms with E-state index in [1.165, 1.54) is 0 Å². The number of amides is 2. The maximum Gasteiger partial charge on any atom is 0.248 e. The van der Waals surface area contributed by atoms with Gasteiger partial charge < -0.3 is 21.3 Å². The largest absolute Gasteiger partial charge is 0.366 e. The topological polar surface area (TPSA) is 110 Å². The van der Waals surface area contributed by atoms with Crippen LogP contribution in [-0.4, -0.2) is 31.7 Å². The van der Waals surface area contributed by atoms with Gasteiger partial charge in [-0.2, -0.15) is 0 Å². The minimum Gasteiger partial charge on any atom is -0.366 e. The van der Waals surface area contributed by atoms with E-state index in [4.69, 9.17) is 11.5 Å². The number of primary amides is 2. The molecule has 0 unspecified atom stereocenters. The maximum absolute atomic E-state index is 13.1. The molecule has 7 heteroatoms. The van der Waals surface area contributed by atoms with Gasteiger partial charge in [0.05, 0.1) is 0 Å². The molecule has 1 saturated carbocycles. The summed E-state index contributed by atoms with van der Waals surface area (Å²) in [6.45, 7) is 8.51. The highest BCUT2D eigenvalue weighted by Gasteiger charge is 2.39. The minimum atomic E-state index is -0.435. The third-order valence-corrected chi connectivity index (χ3v) is 9.21. The van der Waals surface area contributed by atoms with Crippen LogP contribution in [0, 0.1) is 0 Å². The van der Waals surface area contributed by atoms with Crippen LogP contribution in [0.5, 0.6) is 0 Å². The van der Waals surface area contributed by atoms with Crippen LogP contribution >= 0.6 is 0 Å². The molecule has 2 aromatic carbocycles. The molecule has 2 heterocycles. The van der Waals surface area contributed by atoms with E-state index < -0.39 is 11.8 Å². The van der Waals surface area contributed by atoms with Gasteiger partial charge in [0.2, 0.25) is 11.8 Å². The van der Waals surface area contributed by atoms with E-state index >= 15 is 0 Å². The van der Waals surface area contributed by atoms with Gasteiger partial charge in [0.15, 0.2) is 5.78 Å². The Bertz CT molecular complexity index is 1640. The summed E-state index contributed by atoms with van der Waals surface area (Å²) >= 11 is 0. The number of nitrogens with two attached hydrogens (primary N) is 2. The Morgan fingerprint density at radius 2 is 1.02 bits per heavy atom. The average Bonchev–Trinajstić information content (AvgIpc) is 3.49. The fourth-order valence-electron chi connectivity index (χ4n) is 6.64. The van der Waals surface area contributed by atoms with Gasteiger partial charge in [0.1, 0.15) is 0 Å². The Balaban J connectivity index is 1.27. The molecule has 0 radical (unpaired) electrons. The normalized spacial score (nSPS) is 22.4. The van der Waals surface area contributed by atoms with Crippen molar-refractivity contribution in [1.29, 1.82) is 0 Å². The van der Waals surface area contributed by atoms with Gasteiger partial charge in [0.25, 0.3) is 0 Å². The molecule has 3 aliphatic rings. The smallest absolute Gasteiger partial charge is 0.248 e. The quantitative estimate of drug-likeness (QED) is 0.394. The number of allylic oxidation sites excluding steroid dienone is 12. The molecule has 4 N–H and O–H groups in total. The SMILES string of the molecule is CN1C(=CC=CC=C2CCC(=CC=CC=C3N(C)c4ccc(C(N)=O)cc4C3(C)C)C2=O)C(C)(C)c2cc(C(N)=O)ccc21. The van der Waals surface area contributed by atoms with E-state index in [1.54, 1.807) is 12.1 Å². The number of anilines is 2. The Hall–Kier alpha value is -4.91. The molecular formula is C37H40N4O3. The van der Waals surface area contributed by atoms with Crippen LogP contribution in [0.1, 0.15) is 72.4 Å². The van der Waals surface area contributed by atoms with Crippen LogP contribution in [0.3, 0.4) is 0 Å². The van der Waals surface area contributed by atoms with Crippen LogP contribution < -0.4 is 21.3 Å². The zero-order chi connectivity index (χ0) is 32.0. The van der Waals surface area contributed by atoms with E-state index in [2.05, 4.69) is 49.6 Å². The predicted octanol–water partition coefficient (Wildman–Crippen LogP) is 6.14. The number of hydrogen-bond donors (Lipinski definition) is 2. The zero-order valence-electron chi connectivity index (χ0n) is 26.3. The molecule has 0 spiro atoms. The van der Waals surface area contributed by atoms with Crippen molar-refractivity contribution in [1.82, 2.24) is 0 Å². The summed E-state index contributed by atoms with van der Waals surface area (Å²) in [5, 5.41) is 0. The van der Waals surface area contributed by atoms with Crippen LogP contribution in [0.15, 0.2) is 108 Å². The lowest BCUT2D eigenvalue weighted by Gasteiger charge is -2.23. The molecule has 5 rings (SSSR count). The van der Waals surface area contributed by atoms with Crippen LogP contribution in [0.25, 0.3) is 0 Å². The van der Waals surface area contributed by atoms with Gasteiger partial charge in [0, 0.05) is 70.0 Å². The molecule has 2 aromatic rings. The highest BCUT2D eigenvalue weighted by molar-refractivity contribution is 6.11. The Morgan fingerprint density at radius 3 is 1.39 bits per heavy atom. The number of carbonyl (C=O) groups excluding carboxylic acids is 3. The molecule has 1 fully saturated rings. The van der Waals surface area contributed by atoms with Gasteiger partial charge in [-0.3, -0.25) is 14.4 Å². The molecule has 0 aromatic heterocycles. The number of Topliss-reactive ketones (excluding diaryl/α,β-unsaturated/α-hetero) is 1. The van der Waals surface area contributed by atoms with Crippen molar-refractivity contribution < 1.29 is 14.4 Å². The fourth-order valence-corrected chi connectivity index (χ4v) is 6.64. The van der Waals surface area contributed by atoms with Gasteiger partial charge >= 0.3 is 0 Å². The summed E-state index contributed by atoms with van der Waals surface area (Å²) in [5.74, 6) is -0.792. The van der Waals surface area contributed by atoms with Gasteiger partial charge in [-0.1, -0.05) is 64.2 Å². The third kappa shape index (κ3) is 5.23. The van der Waals surface area contributed by atoms with Gasteiger partial charge in [-0.15, -0.1) is 0 Å². The molecule has 2 aliphatic heterocycles. The number of ketones is 1. The van der Waals surface area contributed by atoms with Gasteiger partial charge in [-0.25, -0.2) is 0 Å². The number of carbonyl (C=O) groups is 3. The second kappa shape index (κ2) is 11.3. The minimum absolute atomic E-state index is 0.0778. The highest BCUT2D eigenvalue weighted by Crippen LogP contribution is 2.48. The second-order valence-electron chi connectivity index (χ2n) is 12.6. The van der Waals surface area contributed by atoms with Crippen molar-refractivity contribution in [3.63, 3.8) is 0 Å². The molecular weight excluding hydrogens is 548 g/mol. The van der Waals surface area contributed by atoms with Crippen molar-refractivity contribution in [2.75, 3.05) is 23.9 Å². The van der Waals surface area contributed by atoms with E-state index in [-0.39, 0.29) is 16.6 Å². The average molecular weight is 589 g/mol. The van der Waals surface area contributed by atoms with Crippen molar-refractivity contribution >= 4 is 29.0 Å². The van der Waals surface area contributed by atoms with Gasteiger partial charge in [-0.05, 0) is 72.5 Å². The second-order valence-corrected chi connectivity index (χ2v) is 12.6. The van der Waals surface area contributed by atoms with Crippen molar-refractivity contribution in [3.8, 4) is 0 Å². The first kappa shape index (κ1) is 30.5. The summed E-state index contributed by atoms with van der Waals surface area (Å²) in [6.07, 6.45) is 17.1. The summed E-state index contributed by atoms with van der Waals surface area (Å²) in [7, 11) is 4.03. The Kier molecular flexibility index (Phi) is 7.85. The first-order chi connectivity index (χ1) is 20.7. The number of likely N-dealkylation sites (N-methyl/N-ethyl adjacent to an activating group) is 2. The highest BCUT2D eigenvalue weighted by atomic mass is 16.1. The lowest BCUT2D eigenvalue weighted by molar-refractivity contribution is -0.111. The summed E-state index contributed by atoms with van der Waals surface area (Å²) < 4.78 is 0. The van der Waals surface area contributed by atoms with Crippen LogP contribution in [0.4, 0.5) is 11.4 Å².